The van der Waals surface area contributed by atoms with E-state index < -0.39 is 17.1 Å². The van der Waals surface area contributed by atoms with Crippen LogP contribution in [0.5, 0.6) is 0 Å². The van der Waals surface area contributed by atoms with Gasteiger partial charge in [-0.1, -0.05) is 37.0 Å². The van der Waals surface area contributed by atoms with Crippen LogP contribution in [0.25, 0.3) is 5.69 Å². The van der Waals surface area contributed by atoms with E-state index in [1.54, 1.807) is 13.8 Å². The highest BCUT2D eigenvalue weighted by Gasteiger charge is 2.17. The summed E-state index contributed by atoms with van der Waals surface area (Å²) >= 11 is 11.6. The van der Waals surface area contributed by atoms with E-state index in [1.807, 2.05) is 0 Å². The fourth-order valence-corrected chi connectivity index (χ4v) is 2.44. The number of hydrogen-bond acceptors (Lipinski definition) is 2. The fraction of sp³-hybridized carbons (Fsp3) is 0.231. The molecule has 0 saturated heterocycles. The van der Waals surface area contributed by atoms with Gasteiger partial charge in [-0.25, -0.2) is 13.8 Å². The van der Waals surface area contributed by atoms with Crippen molar-refractivity contribution in [3.05, 3.63) is 60.6 Å². The van der Waals surface area contributed by atoms with Gasteiger partial charge in [0.15, 0.2) is 0 Å². The van der Waals surface area contributed by atoms with Crippen LogP contribution in [0, 0.1) is 5.82 Å². The highest BCUT2D eigenvalue weighted by atomic mass is 35.5. The minimum Gasteiger partial charge on any atom is -0.297 e. The summed E-state index contributed by atoms with van der Waals surface area (Å²) in [5.41, 5.74) is -0.781. The number of hydrogen-bond donors (Lipinski definition) is 1. The SMILES string of the molecule is CC(C)c1c(Cl)[nH]c(=O)n(-c2ccc(F)c(Cl)c2)c1=O. The predicted octanol–water partition coefficient (Wildman–Crippen LogP) is 3.10. The van der Waals surface area contributed by atoms with Gasteiger partial charge in [0.2, 0.25) is 0 Å². The van der Waals surface area contributed by atoms with Gasteiger partial charge in [0, 0.05) is 0 Å². The van der Waals surface area contributed by atoms with Crippen molar-refractivity contribution in [3.8, 4) is 5.69 Å². The molecule has 4 nitrogen and oxygen atoms in total. The molecule has 0 aliphatic heterocycles. The van der Waals surface area contributed by atoms with Crippen molar-refractivity contribution in [2.45, 2.75) is 19.8 Å². The van der Waals surface area contributed by atoms with Crippen molar-refractivity contribution in [3.63, 3.8) is 0 Å². The first-order valence-corrected chi connectivity index (χ1v) is 6.58. The Kier molecular flexibility index (Phi) is 4.01. The topological polar surface area (TPSA) is 54.9 Å². The third-order valence-corrected chi connectivity index (χ3v) is 3.42. The van der Waals surface area contributed by atoms with Gasteiger partial charge in [0.05, 0.1) is 16.3 Å². The maximum atomic E-state index is 13.2. The van der Waals surface area contributed by atoms with Crippen molar-refractivity contribution in [1.29, 1.82) is 0 Å². The first kappa shape index (κ1) is 14.8. The summed E-state index contributed by atoms with van der Waals surface area (Å²) in [6.07, 6.45) is 0. The summed E-state index contributed by atoms with van der Waals surface area (Å²) in [5, 5.41) is -0.158. The molecule has 0 fully saturated rings. The lowest BCUT2D eigenvalue weighted by Crippen LogP contribution is -2.36. The van der Waals surface area contributed by atoms with Crippen LogP contribution in [0.3, 0.4) is 0 Å². The second kappa shape index (κ2) is 5.42. The predicted molar refractivity (Wildman–Crippen MR) is 76.7 cm³/mol. The molecule has 0 radical (unpaired) electrons. The van der Waals surface area contributed by atoms with Gasteiger partial charge in [-0.3, -0.25) is 9.78 Å². The molecule has 1 N–H and O–H groups in total. The molecule has 0 aliphatic carbocycles. The lowest BCUT2D eigenvalue weighted by atomic mass is 10.1. The van der Waals surface area contributed by atoms with E-state index in [9.17, 15) is 14.0 Å². The third-order valence-electron chi connectivity index (χ3n) is 2.83. The Labute approximate surface area is 123 Å². The van der Waals surface area contributed by atoms with Crippen molar-refractivity contribution in [2.75, 3.05) is 0 Å². The summed E-state index contributed by atoms with van der Waals surface area (Å²) in [7, 11) is 0. The average Bonchev–Trinajstić information content (AvgIpc) is 2.32. The molecule has 0 spiro atoms. The molecule has 0 bridgehead atoms. The van der Waals surface area contributed by atoms with E-state index in [0.29, 0.717) is 0 Å². The molecule has 0 amide bonds. The van der Waals surface area contributed by atoms with Gasteiger partial charge in [-0.2, -0.15) is 0 Å². The number of nitrogens with one attached hydrogen (secondary N) is 1. The zero-order valence-corrected chi connectivity index (χ0v) is 12.2. The largest absolute Gasteiger partial charge is 0.334 e. The van der Waals surface area contributed by atoms with Crippen LogP contribution in [0.2, 0.25) is 10.2 Å². The molecule has 7 heteroatoms. The number of aromatic nitrogens is 2. The Bertz CT molecular complexity index is 781. The molecule has 0 unspecified atom stereocenters. The molecular formula is C13H11Cl2FN2O2. The van der Waals surface area contributed by atoms with Crippen molar-refractivity contribution in [1.82, 2.24) is 9.55 Å². The van der Waals surface area contributed by atoms with E-state index in [4.69, 9.17) is 23.2 Å². The summed E-state index contributed by atoms with van der Waals surface area (Å²) < 4.78 is 14.0. The van der Waals surface area contributed by atoms with Crippen LogP contribution in [-0.4, -0.2) is 9.55 Å². The van der Waals surface area contributed by atoms with Gasteiger partial charge in [-0.15, -0.1) is 0 Å². The molecule has 0 atom stereocenters. The fourth-order valence-electron chi connectivity index (χ4n) is 1.88. The van der Waals surface area contributed by atoms with Gasteiger partial charge < -0.3 is 0 Å². The zero-order valence-electron chi connectivity index (χ0n) is 10.7. The van der Waals surface area contributed by atoms with Crippen molar-refractivity contribution in [2.24, 2.45) is 0 Å². The molecule has 1 aromatic heterocycles. The third kappa shape index (κ3) is 2.51. The van der Waals surface area contributed by atoms with Crippen LogP contribution in [0.15, 0.2) is 27.8 Å². The number of nitrogens with zero attached hydrogens (tertiary/aromatic N) is 1. The van der Waals surface area contributed by atoms with Crippen molar-refractivity contribution >= 4 is 23.2 Å². The maximum absolute atomic E-state index is 13.2. The lowest BCUT2D eigenvalue weighted by molar-refractivity contribution is 0.627. The number of halogens is 3. The van der Waals surface area contributed by atoms with E-state index in [1.165, 1.54) is 12.1 Å². The highest BCUT2D eigenvalue weighted by Crippen LogP contribution is 2.20. The van der Waals surface area contributed by atoms with Crippen LogP contribution < -0.4 is 11.2 Å². The van der Waals surface area contributed by atoms with Crippen LogP contribution in [-0.2, 0) is 0 Å². The standard InChI is InChI=1S/C13H11Cl2FN2O2/c1-6(2)10-11(15)17-13(20)18(12(10)19)7-3-4-9(16)8(14)5-7/h3-6H,1-2H3,(H,17,20). The zero-order chi connectivity index (χ0) is 15.0. The lowest BCUT2D eigenvalue weighted by Gasteiger charge is -2.11. The number of aromatic amines is 1. The molecule has 1 heterocycles. The van der Waals surface area contributed by atoms with Gasteiger partial charge in [0.1, 0.15) is 11.0 Å². The van der Waals surface area contributed by atoms with Crippen LogP contribution >= 0.6 is 23.2 Å². The van der Waals surface area contributed by atoms with E-state index >= 15 is 0 Å². The Balaban J connectivity index is 2.81. The van der Waals surface area contributed by atoms with Gasteiger partial charge >= 0.3 is 5.69 Å². The first-order chi connectivity index (χ1) is 9.32. The van der Waals surface area contributed by atoms with Crippen molar-refractivity contribution < 1.29 is 4.39 Å². The molecule has 2 aromatic rings. The Morgan fingerprint density at radius 2 is 1.90 bits per heavy atom. The Morgan fingerprint density at radius 1 is 1.25 bits per heavy atom. The molecule has 0 saturated carbocycles. The monoisotopic (exact) mass is 316 g/mol. The van der Waals surface area contributed by atoms with E-state index in [0.717, 1.165) is 10.6 Å². The Morgan fingerprint density at radius 3 is 2.45 bits per heavy atom. The average molecular weight is 317 g/mol. The number of benzene rings is 1. The normalized spacial score (nSPS) is 11.1. The molecule has 0 aliphatic rings. The summed E-state index contributed by atoms with van der Waals surface area (Å²) in [6.45, 7) is 3.56. The number of rotatable bonds is 2. The molecule has 106 valence electrons. The van der Waals surface area contributed by atoms with Crippen LogP contribution in [0.4, 0.5) is 4.39 Å². The second-order valence-electron chi connectivity index (χ2n) is 4.55. The highest BCUT2D eigenvalue weighted by molar-refractivity contribution is 6.31. The number of H-pyrrole nitrogens is 1. The molecular weight excluding hydrogens is 306 g/mol. The minimum atomic E-state index is -0.702. The summed E-state index contributed by atoms with van der Waals surface area (Å²) in [5.74, 6) is -0.799. The summed E-state index contributed by atoms with van der Waals surface area (Å²) in [6, 6.07) is 3.61. The van der Waals surface area contributed by atoms with E-state index in [2.05, 4.69) is 4.98 Å². The molecule has 20 heavy (non-hydrogen) atoms. The first-order valence-electron chi connectivity index (χ1n) is 5.83. The maximum Gasteiger partial charge on any atom is 0.334 e. The smallest absolute Gasteiger partial charge is 0.297 e. The molecule has 2 rings (SSSR count). The molecule has 1 aromatic carbocycles. The minimum absolute atomic E-state index is 0.0134. The van der Waals surface area contributed by atoms with Gasteiger partial charge in [-0.05, 0) is 24.1 Å². The second-order valence-corrected chi connectivity index (χ2v) is 5.34. The van der Waals surface area contributed by atoms with Gasteiger partial charge in [0.25, 0.3) is 5.56 Å². The summed E-state index contributed by atoms with van der Waals surface area (Å²) in [4.78, 5) is 26.7. The van der Waals surface area contributed by atoms with Crippen LogP contribution in [0.1, 0.15) is 25.3 Å². The quantitative estimate of drug-likeness (QED) is 0.865. The Hall–Kier alpha value is -1.59. The van der Waals surface area contributed by atoms with E-state index in [-0.39, 0.29) is 27.3 Å².